The molecule has 0 saturated carbocycles. The SMILES string of the molecule is O=C(NC1CCCNC1=O)c1cc(Br)cnc1Cl. The zero-order valence-corrected chi connectivity index (χ0v) is 11.7. The first-order valence-corrected chi connectivity index (χ1v) is 6.64. The fourth-order valence-corrected chi connectivity index (χ4v) is 2.25. The van der Waals surface area contributed by atoms with Gasteiger partial charge in [0.1, 0.15) is 11.2 Å². The Hall–Kier alpha value is -1.14. The lowest BCUT2D eigenvalue weighted by atomic mass is 10.1. The number of nitrogens with one attached hydrogen (secondary N) is 2. The maximum Gasteiger partial charge on any atom is 0.255 e. The molecule has 1 fully saturated rings. The Kier molecular flexibility index (Phi) is 4.19. The van der Waals surface area contributed by atoms with Crippen LogP contribution in [0, 0.1) is 0 Å². The second-order valence-electron chi connectivity index (χ2n) is 3.95. The number of carbonyl (C=O) groups excluding carboxylic acids is 2. The molecule has 96 valence electrons. The Bertz CT molecular complexity index is 495. The van der Waals surface area contributed by atoms with Gasteiger partial charge in [0.15, 0.2) is 0 Å². The molecule has 0 radical (unpaired) electrons. The molecule has 2 N–H and O–H groups in total. The van der Waals surface area contributed by atoms with E-state index in [-0.39, 0.29) is 16.6 Å². The molecule has 1 aromatic rings. The van der Waals surface area contributed by atoms with Crippen LogP contribution in [0.5, 0.6) is 0 Å². The van der Waals surface area contributed by atoms with Crippen LogP contribution in [0.2, 0.25) is 5.15 Å². The molecule has 1 aliphatic heterocycles. The predicted molar refractivity (Wildman–Crippen MR) is 70.4 cm³/mol. The number of rotatable bonds is 2. The summed E-state index contributed by atoms with van der Waals surface area (Å²) >= 11 is 9.07. The number of pyridine rings is 1. The van der Waals surface area contributed by atoms with Crippen molar-refractivity contribution in [1.29, 1.82) is 0 Å². The summed E-state index contributed by atoms with van der Waals surface area (Å²) < 4.78 is 0.658. The Morgan fingerprint density at radius 2 is 2.39 bits per heavy atom. The molecule has 2 heterocycles. The summed E-state index contributed by atoms with van der Waals surface area (Å²) in [7, 11) is 0. The Balaban J connectivity index is 2.11. The van der Waals surface area contributed by atoms with Gasteiger partial charge in [0.05, 0.1) is 5.56 Å². The highest BCUT2D eigenvalue weighted by Crippen LogP contribution is 2.18. The molecule has 2 amide bonds. The van der Waals surface area contributed by atoms with E-state index in [0.717, 1.165) is 6.42 Å². The van der Waals surface area contributed by atoms with Crippen LogP contribution in [-0.4, -0.2) is 29.4 Å². The van der Waals surface area contributed by atoms with Gasteiger partial charge in [-0.25, -0.2) is 4.98 Å². The van der Waals surface area contributed by atoms with Gasteiger partial charge >= 0.3 is 0 Å². The maximum absolute atomic E-state index is 12.0. The fraction of sp³-hybridized carbons (Fsp3) is 0.364. The number of amides is 2. The van der Waals surface area contributed by atoms with Crippen molar-refractivity contribution in [3.63, 3.8) is 0 Å². The molecule has 2 rings (SSSR count). The molecule has 1 saturated heterocycles. The Morgan fingerprint density at radius 1 is 1.61 bits per heavy atom. The van der Waals surface area contributed by atoms with E-state index in [0.29, 0.717) is 17.4 Å². The first kappa shape index (κ1) is 13.3. The molecule has 1 aliphatic rings. The van der Waals surface area contributed by atoms with E-state index in [1.165, 1.54) is 6.20 Å². The molecule has 1 aromatic heterocycles. The van der Waals surface area contributed by atoms with Crippen molar-refractivity contribution >= 4 is 39.3 Å². The van der Waals surface area contributed by atoms with Gasteiger partial charge in [-0.05, 0) is 34.8 Å². The Labute approximate surface area is 117 Å². The molecule has 1 unspecified atom stereocenters. The lowest BCUT2D eigenvalue weighted by Crippen LogP contribution is -2.50. The van der Waals surface area contributed by atoms with Crippen LogP contribution < -0.4 is 10.6 Å². The molecule has 18 heavy (non-hydrogen) atoms. The second-order valence-corrected chi connectivity index (χ2v) is 5.22. The van der Waals surface area contributed by atoms with E-state index < -0.39 is 11.9 Å². The van der Waals surface area contributed by atoms with Crippen LogP contribution in [0.3, 0.4) is 0 Å². The first-order chi connectivity index (χ1) is 8.58. The Morgan fingerprint density at radius 3 is 3.11 bits per heavy atom. The largest absolute Gasteiger partial charge is 0.354 e. The predicted octanol–water partition coefficient (Wildman–Crippen LogP) is 1.51. The molecule has 7 heteroatoms. The third-order valence-electron chi connectivity index (χ3n) is 2.64. The summed E-state index contributed by atoms with van der Waals surface area (Å²) in [6, 6.07) is 1.08. The third-order valence-corrected chi connectivity index (χ3v) is 3.38. The summed E-state index contributed by atoms with van der Waals surface area (Å²) in [5.41, 5.74) is 0.254. The van der Waals surface area contributed by atoms with Crippen molar-refractivity contribution in [3.8, 4) is 0 Å². The third kappa shape index (κ3) is 3.00. The van der Waals surface area contributed by atoms with Gasteiger partial charge < -0.3 is 10.6 Å². The number of aromatic nitrogens is 1. The number of piperidine rings is 1. The van der Waals surface area contributed by atoms with Gasteiger partial charge in [-0.1, -0.05) is 11.6 Å². The standard InChI is InChI=1S/C11H11BrClN3O2/c12-6-4-7(9(13)15-5-6)10(17)16-8-2-1-3-14-11(8)18/h4-5,8H,1-3H2,(H,14,18)(H,16,17). The van der Waals surface area contributed by atoms with Crippen LogP contribution in [0.1, 0.15) is 23.2 Å². The van der Waals surface area contributed by atoms with E-state index in [1.54, 1.807) is 6.07 Å². The average molecular weight is 333 g/mol. The van der Waals surface area contributed by atoms with E-state index in [2.05, 4.69) is 31.5 Å². The topological polar surface area (TPSA) is 71.1 Å². The number of carbonyl (C=O) groups is 2. The van der Waals surface area contributed by atoms with Gasteiger partial charge in [0, 0.05) is 17.2 Å². The van der Waals surface area contributed by atoms with Crippen LogP contribution in [-0.2, 0) is 4.79 Å². The van der Waals surface area contributed by atoms with Gasteiger partial charge in [-0.3, -0.25) is 9.59 Å². The van der Waals surface area contributed by atoms with Gasteiger partial charge in [0.25, 0.3) is 5.91 Å². The summed E-state index contributed by atoms with van der Waals surface area (Å²) in [4.78, 5) is 27.4. The van der Waals surface area contributed by atoms with Crippen LogP contribution in [0.4, 0.5) is 0 Å². The highest BCUT2D eigenvalue weighted by atomic mass is 79.9. The molecular formula is C11H11BrClN3O2. The van der Waals surface area contributed by atoms with E-state index in [1.807, 2.05) is 0 Å². The van der Waals surface area contributed by atoms with Crippen molar-refractivity contribution in [2.75, 3.05) is 6.54 Å². The summed E-state index contributed by atoms with van der Waals surface area (Å²) in [6.45, 7) is 0.657. The van der Waals surface area contributed by atoms with E-state index >= 15 is 0 Å². The fourth-order valence-electron chi connectivity index (χ4n) is 1.73. The quantitative estimate of drug-likeness (QED) is 0.806. The van der Waals surface area contributed by atoms with Gasteiger partial charge in [-0.2, -0.15) is 0 Å². The van der Waals surface area contributed by atoms with Crippen molar-refractivity contribution in [2.45, 2.75) is 18.9 Å². The molecule has 0 spiro atoms. The van der Waals surface area contributed by atoms with Crippen molar-refractivity contribution in [1.82, 2.24) is 15.6 Å². The monoisotopic (exact) mass is 331 g/mol. The molecule has 0 aliphatic carbocycles. The van der Waals surface area contributed by atoms with Crippen molar-refractivity contribution in [3.05, 3.63) is 27.5 Å². The number of halogens is 2. The smallest absolute Gasteiger partial charge is 0.255 e. The van der Waals surface area contributed by atoms with Crippen LogP contribution in [0.15, 0.2) is 16.7 Å². The lowest BCUT2D eigenvalue weighted by Gasteiger charge is -2.22. The van der Waals surface area contributed by atoms with Crippen LogP contribution >= 0.6 is 27.5 Å². The van der Waals surface area contributed by atoms with Crippen LogP contribution in [0.25, 0.3) is 0 Å². The number of hydrogen-bond acceptors (Lipinski definition) is 3. The molecular weight excluding hydrogens is 321 g/mol. The highest BCUT2D eigenvalue weighted by Gasteiger charge is 2.25. The molecule has 5 nitrogen and oxygen atoms in total. The average Bonchev–Trinajstić information content (AvgIpc) is 2.35. The zero-order chi connectivity index (χ0) is 13.1. The number of hydrogen-bond donors (Lipinski definition) is 2. The summed E-state index contributed by atoms with van der Waals surface area (Å²) in [6.07, 6.45) is 2.99. The first-order valence-electron chi connectivity index (χ1n) is 5.47. The van der Waals surface area contributed by atoms with Crippen molar-refractivity contribution in [2.24, 2.45) is 0 Å². The normalized spacial score (nSPS) is 19.2. The molecule has 0 bridgehead atoms. The minimum atomic E-state index is -0.499. The highest BCUT2D eigenvalue weighted by molar-refractivity contribution is 9.10. The van der Waals surface area contributed by atoms with E-state index in [4.69, 9.17) is 11.6 Å². The minimum absolute atomic E-state index is 0.118. The maximum atomic E-state index is 12.0. The summed E-state index contributed by atoms with van der Waals surface area (Å²) in [5, 5.41) is 5.48. The van der Waals surface area contributed by atoms with Gasteiger partial charge in [-0.15, -0.1) is 0 Å². The summed E-state index contributed by atoms with van der Waals surface area (Å²) in [5.74, 6) is -0.551. The lowest BCUT2D eigenvalue weighted by molar-refractivity contribution is -0.124. The minimum Gasteiger partial charge on any atom is -0.354 e. The zero-order valence-electron chi connectivity index (χ0n) is 9.37. The molecule has 1 atom stereocenters. The number of nitrogens with zero attached hydrogens (tertiary/aromatic N) is 1. The molecule has 0 aromatic carbocycles. The van der Waals surface area contributed by atoms with Gasteiger partial charge in [0.2, 0.25) is 5.91 Å². The second kappa shape index (κ2) is 5.67. The van der Waals surface area contributed by atoms with E-state index in [9.17, 15) is 9.59 Å². The van der Waals surface area contributed by atoms with Crippen molar-refractivity contribution < 1.29 is 9.59 Å².